The summed E-state index contributed by atoms with van der Waals surface area (Å²) in [6, 6.07) is 8.33. The van der Waals surface area contributed by atoms with Crippen LogP contribution in [-0.2, 0) is 4.79 Å². The van der Waals surface area contributed by atoms with Crippen molar-refractivity contribution in [3.05, 3.63) is 53.0 Å². The molecule has 1 aliphatic rings. The van der Waals surface area contributed by atoms with Gasteiger partial charge in [-0.15, -0.1) is 11.3 Å². The van der Waals surface area contributed by atoms with Crippen LogP contribution in [0.15, 0.2) is 36.4 Å². The van der Waals surface area contributed by atoms with Crippen LogP contribution in [0.3, 0.4) is 0 Å². The Hall–Kier alpha value is -3.07. The number of thiazole rings is 1. The lowest BCUT2D eigenvalue weighted by atomic mass is 10.3. The van der Waals surface area contributed by atoms with Gasteiger partial charge in [0.25, 0.3) is 0 Å². The van der Waals surface area contributed by atoms with Crippen LogP contribution in [0.25, 0.3) is 10.2 Å². The molecule has 3 aromatic rings. The lowest BCUT2D eigenvalue weighted by Crippen LogP contribution is -2.37. The molecule has 4 rings (SSSR count). The molecule has 0 bridgehead atoms. The Labute approximate surface area is 163 Å². The van der Waals surface area contributed by atoms with E-state index in [9.17, 15) is 18.4 Å². The second-order valence-corrected chi connectivity index (χ2v) is 7.65. The molecule has 0 spiro atoms. The van der Waals surface area contributed by atoms with Crippen LogP contribution < -0.4 is 10.2 Å². The standard InChI is InChI=1S/C19H16F2N4O2S/c1-11-22-16-8-12(2-5-17(16)28-11)23-18(26)10-24-6-7-25(19(24)27)13-3-4-14(20)15(21)9-13/h2-5,8-9H,6-7,10H2,1H3,(H,23,26). The highest BCUT2D eigenvalue weighted by molar-refractivity contribution is 7.18. The number of amides is 3. The van der Waals surface area contributed by atoms with E-state index in [1.807, 2.05) is 13.0 Å². The Morgan fingerprint density at radius 3 is 2.79 bits per heavy atom. The van der Waals surface area contributed by atoms with E-state index >= 15 is 0 Å². The maximum Gasteiger partial charge on any atom is 0.325 e. The van der Waals surface area contributed by atoms with E-state index in [-0.39, 0.29) is 18.1 Å². The van der Waals surface area contributed by atoms with Gasteiger partial charge in [-0.1, -0.05) is 0 Å². The Bertz CT molecular complexity index is 1080. The van der Waals surface area contributed by atoms with Crippen molar-refractivity contribution in [1.82, 2.24) is 9.88 Å². The van der Waals surface area contributed by atoms with Gasteiger partial charge < -0.3 is 10.2 Å². The van der Waals surface area contributed by atoms with Gasteiger partial charge in [0, 0.05) is 30.5 Å². The van der Waals surface area contributed by atoms with Gasteiger partial charge in [-0.2, -0.15) is 0 Å². The number of carbonyl (C=O) groups is 2. The highest BCUT2D eigenvalue weighted by atomic mass is 32.1. The topological polar surface area (TPSA) is 65.5 Å². The van der Waals surface area contributed by atoms with Crippen molar-refractivity contribution in [2.24, 2.45) is 0 Å². The van der Waals surface area contributed by atoms with Crippen molar-refractivity contribution in [3.63, 3.8) is 0 Å². The second-order valence-electron chi connectivity index (χ2n) is 6.42. The van der Waals surface area contributed by atoms with Crippen LogP contribution >= 0.6 is 11.3 Å². The molecule has 6 nitrogen and oxygen atoms in total. The molecule has 9 heteroatoms. The first kappa shape index (κ1) is 18.3. The van der Waals surface area contributed by atoms with E-state index in [0.717, 1.165) is 27.4 Å². The predicted octanol–water partition coefficient (Wildman–Crippen LogP) is 3.76. The third kappa shape index (κ3) is 3.53. The van der Waals surface area contributed by atoms with Crippen LogP contribution in [0.2, 0.25) is 0 Å². The number of hydrogen-bond donors (Lipinski definition) is 1. The van der Waals surface area contributed by atoms with Crippen LogP contribution in [0.5, 0.6) is 0 Å². The number of hydrogen-bond acceptors (Lipinski definition) is 4. The van der Waals surface area contributed by atoms with Crippen LogP contribution in [0.1, 0.15) is 5.01 Å². The smallest absolute Gasteiger partial charge is 0.324 e. The molecule has 1 aromatic heterocycles. The highest BCUT2D eigenvalue weighted by Crippen LogP contribution is 2.25. The Balaban J connectivity index is 1.41. The third-order valence-corrected chi connectivity index (χ3v) is 5.37. The van der Waals surface area contributed by atoms with Gasteiger partial charge in [-0.3, -0.25) is 9.69 Å². The quantitative estimate of drug-likeness (QED) is 0.723. The largest absolute Gasteiger partial charge is 0.325 e. The van der Waals surface area contributed by atoms with Gasteiger partial charge in [0.05, 0.1) is 15.2 Å². The third-order valence-electron chi connectivity index (χ3n) is 4.42. The van der Waals surface area contributed by atoms with Crippen molar-refractivity contribution < 1.29 is 18.4 Å². The van der Waals surface area contributed by atoms with Gasteiger partial charge >= 0.3 is 6.03 Å². The fourth-order valence-electron chi connectivity index (χ4n) is 3.12. The Morgan fingerprint density at radius 1 is 1.18 bits per heavy atom. The summed E-state index contributed by atoms with van der Waals surface area (Å²) in [6.45, 7) is 2.39. The summed E-state index contributed by atoms with van der Waals surface area (Å²) < 4.78 is 27.6. The van der Waals surface area contributed by atoms with E-state index < -0.39 is 17.7 Å². The zero-order valence-electron chi connectivity index (χ0n) is 14.9. The first-order valence-electron chi connectivity index (χ1n) is 8.59. The normalized spacial score (nSPS) is 14.2. The number of nitrogens with one attached hydrogen (secondary N) is 1. The average Bonchev–Trinajstić information content (AvgIpc) is 3.19. The van der Waals surface area contributed by atoms with Crippen molar-refractivity contribution in [3.8, 4) is 0 Å². The summed E-state index contributed by atoms with van der Waals surface area (Å²) >= 11 is 1.57. The highest BCUT2D eigenvalue weighted by Gasteiger charge is 2.31. The number of anilines is 2. The van der Waals surface area contributed by atoms with Crippen molar-refractivity contribution in [2.75, 3.05) is 29.9 Å². The second kappa shape index (κ2) is 7.16. The number of nitrogens with zero attached hydrogens (tertiary/aromatic N) is 3. The summed E-state index contributed by atoms with van der Waals surface area (Å²) in [5.41, 5.74) is 1.67. The maximum absolute atomic E-state index is 13.4. The molecule has 28 heavy (non-hydrogen) atoms. The van der Waals surface area contributed by atoms with Crippen LogP contribution in [0, 0.1) is 18.6 Å². The van der Waals surface area contributed by atoms with Crippen molar-refractivity contribution >= 4 is 44.9 Å². The number of aromatic nitrogens is 1. The Kier molecular flexibility index (Phi) is 4.68. The Morgan fingerprint density at radius 2 is 2.00 bits per heavy atom. The molecule has 0 radical (unpaired) electrons. The minimum absolute atomic E-state index is 0.132. The van der Waals surface area contributed by atoms with Crippen LogP contribution in [-0.4, -0.2) is 41.5 Å². The molecule has 144 valence electrons. The number of rotatable bonds is 4. The number of fused-ring (bicyclic) bond motifs is 1. The van der Waals surface area contributed by atoms with Gasteiger partial charge in [-0.05, 0) is 37.3 Å². The zero-order valence-corrected chi connectivity index (χ0v) is 15.7. The number of aryl methyl sites for hydroxylation is 1. The summed E-state index contributed by atoms with van der Waals surface area (Å²) in [6.07, 6.45) is 0. The molecule has 0 unspecified atom stereocenters. The zero-order chi connectivity index (χ0) is 19.8. The van der Waals surface area contributed by atoms with Gasteiger partial charge in [-0.25, -0.2) is 18.6 Å². The van der Waals surface area contributed by atoms with E-state index in [0.29, 0.717) is 18.8 Å². The molecule has 0 saturated carbocycles. The SMILES string of the molecule is Cc1nc2cc(NC(=O)CN3CCN(c4ccc(F)c(F)c4)C3=O)ccc2s1. The fourth-order valence-corrected chi connectivity index (χ4v) is 3.92. The van der Waals surface area contributed by atoms with E-state index in [1.54, 1.807) is 23.5 Å². The molecular formula is C19H16F2N4O2S. The molecule has 2 aromatic carbocycles. The average molecular weight is 402 g/mol. The number of urea groups is 1. The van der Waals surface area contributed by atoms with Gasteiger partial charge in [0.1, 0.15) is 6.54 Å². The molecule has 0 atom stereocenters. The number of benzene rings is 2. The minimum atomic E-state index is -1.02. The minimum Gasteiger partial charge on any atom is -0.324 e. The lowest BCUT2D eigenvalue weighted by molar-refractivity contribution is -0.116. The molecular weight excluding hydrogens is 386 g/mol. The summed E-state index contributed by atoms with van der Waals surface area (Å²) in [5, 5.41) is 3.71. The van der Waals surface area contributed by atoms with Gasteiger partial charge in [0.2, 0.25) is 5.91 Å². The summed E-state index contributed by atoms with van der Waals surface area (Å²) in [5.74, 6) is -2.33. The monoisotopic (exact) mass is 402 g/mol. The van der Waals surface area contributed by atoms with Crippen LogP contribution in [0.4, 0.5) is 25.0 Å². The molecule has 1 N–H and O–H groups in total. The first-order valence-corrected chi connectivity index (χ1v) is 9.41. The lowest BCUT2D eigenvalue weighted by Gasteiger charge is -2.18. The van der Waals surface area contributed by atoms with Crippen molar-refractivity contribution in [2.45, 2.75) is 6.92 Å². The van der Waals surface area contributed by atoms with Gasteiger partial charge in [0.15, 0.2) is 11.6 Å². The molecule has 3 amide bonds. The van der Waals surface area contributed by atoms with E-state index in [2.05, 4.69) is 10.3 Å². The van der Waals surface area contributed by atoms with E-state index in [1.165, 1.54) is 15.9 Å². The molecule has 1 fully saturated rings. The number of carbonyl (C=O) groups excluding carboxylic acids is 2. The number of halogens is 2. The summed E-state index contributed by atoms with van der Waals surface area (Å²) in [7, 11) is 0. The van der Waals surface area contributed by atoms with Crippen molar-refractivity contribution in [1.29, 1.82) is 0 Å². The first-order chi connectivity index (χ1) is 13.4. The summed E-state index contributed by atoms with van der Waals surface area (Å²) in [4.78, 5) is 31.9. The molecule has 1 aliphatic heterocycles. The predicted molar refractivity (Wildman–Crippen MR) is 104 cm³/mol. The maximum atomic E-state index is 13.4. The van der Waals surface area contributed by atoms with E-state index in [4.69, 9.17) is 0 Å². The molecule has 1 saturated heterocycles. The fraction of sp³-hybridized carbons (Fsp3) is 0.211. The molecule has 2 heterocycles. The molecule has 0 aliphatic carbocycles.